The van der Waals surface area contributed by atoms with E-state index in [9.17, 15) is 9.59 Å². The fourth-order valence-electron chi connectivity index (χ4n) is 3.68. The van der Waals surface area contributed by atoms with Crippen molar-refractivity contribution in [3.8, 4) is 22.7 Å². The molecule has 3 aromatic rings. The summed E-state index contributed by atoms with van der Waals surface area (Å²) in [6.45, 7) is 10.7. The molecule has 2 aromatic carbocycles. The third-order valence-corrected chi connectivity index (χ3v) is 5.16. The molecule has 7 heteroatoms. The lowest BCUT2D eigenvalue weighted by Crippen LogP contribution is -2.42. The van der Waals surface area contributed by atoms with Gasteiger partial charge in [-0.3, -0.25) is 19.5 Å². The van der Waals surface area contributed by atoms with Crippen molar-refractivity contribution in [1.29, 1.82) is 0 Å². The predicted octanol–water partition coefficient (Wildman–Crippen LogP) is 5.02. The molecule has 0 unspecified atom stereocenters. The van der Waals surface area contributed by atoms with Crippen LogP contribution in [0.1, 0.15) is 34.6 Å². The van der Waals surface area contributed by atoms with Crippen molar-refractivity contribution in [3.63, 3.8) is 0 Å². The lowest BCUT2D eigenvalue weighted by Gasteiger charge is -2.25. The molecule has 0 saturated carbocycles. The first-order chi connectivity index (χ1) is 16.3. The number of carbonyl (C=O) groups excluding carboxylic acids is 2. The van der Waals surface area contributed by atoms with Crippen molar-refractivity contribution in [2.75, 3.05) is 25.0 Å². The minimum absolute atomic E-state index is 0.0261. The quantitative estimate of drug-likeness (QED) is 0.459. The highest BCUT2D eigenvalue weighted by Gasteiger charge is 2.22. The molecule has 34 heavy (non-hydrogen) atoms. The number of hydrogen-bond acceptors (Lipinski definition) is 4. The average Bonchev–Trinajstić information content (AvgIpc) is 3.22. The fourth-order valence-corrected chi connectivity index (χ4v) is 3.68. The van der Waals surface area contributed by atoms with Crippen LogP contribution in [0, 0.1) is 11.8 Å². The number of rotatable bonds is 10. The van der Waals surface area contributed by atoms with E-state index in [0.717, 1.165) is 22.7 Å². The van der Waals surface area contributed by atoms with Crippen molar-refractivity contribution in [2.45, 2.75) is 34.6 Å². The molecule has 3 rings (SSSR count). The van der Waals surface area contributed by atoms with Gasteiger partial charge >= 0.3 is 0 Å². The number of nitrogens with one attached hydrogen (secondary N) is 1. The molecule has 0 radical (unpaired) electrons. The van der Waals surface area contributed by atoms with E-state index in [4.69, 9.17) is 9.72 Å². The maximum atomic E-state index is 13.0. The molecule has 7 nitrogen and oxygen atoms in total. The summed E-state index contributed by atoms with van der Waals surface area (Å²) < 4.78 is 7.49. The number of carbonyl (C=O) groups is 2. The molecule has 0 spiro atoms. The maximum Gasteiger partial charge on any atom is 0.246 e. The summed E-state index contributed by atoms with van der Waals surface area (Å²) in [4.78, 5) is 32.0. The van der Waals surface area contributed by atoms with Gasteiger partial charge in [-0.05, 0) is 25.0 Å². The van der Waals surface area contributed by atoms with Crippen molar-refractivity contribution in [3.05, 3.63) is 60.8 Å². The molecule has 0 bridgehead atoms. The first kappa shape index (κ1) is 25.0. The number of amides is 2. The molecule has 1 N–H and O–H groups in total. The topological polar surface area (TPSA) is 76.5 Å². The summed E-state index contributed by atoms with van der Waals surface area (Å²) in [6.07, 6.45) is 1.89. The first-order valence-corrected chi connectivity index (χ1v) is 11.7. The number of nitrogens with zero attached hydrogens (tertiary/aromatic N) is 3. The van der Waals surface area contributed by atoms with Gasteiger partial charge in [0.05, 0.1) is 24.5 Å². The first-order valence-electron chi connectivity index (χ1n) is 11.7. The number of aromatic nitrogens is 2. The second-order valence-electron chi connectivity index (χ2n) is 8.93. The minimum atomic E-state index is -0.290. The number of benzene rings is 2. The van der Waals surface area contributed by atoms with Crippen LogP contribution < -0.4 is 10.1 Å². The minimum Gasteiger partial charge on any atom is -0.494 e. The normalized spacial score (nSPS) is 11.0. The number of anilines is 1. The van der Waals surface area contributed by atoms with Crippen molar-refractivity contribution in [2.24, 2.45) is 11.8 Å². The van der Waals surface area contributed by atoms with E-state index in [-0.39, 0.29) is 30.2 Å². The molecule has 0 saturated heterocycles. The van der Waals surface area contributed by atoms with E-state index in [1.807, 2.05) is 100.0 Å². The van der Waals surface area contributed by atoms with Crippen molar-refractivity contribution in [1.82, 2.24) is 14.5 Å². The van der Waals surface area contributed by atoms with Crippen molar-refractivity contribution >= 4 is 17.8 Å². The monoisotopic (exact) mass is 462 g/mol. The van der Waals surface area contributed by atoms with Gasteiger partial charge in [-0.25, -0.2) is 4.98 Å². The van der Waals surface area contributed by atoms with Crippen LogP contribution in [-0.2, 0) is 9.59 Å². The van der Waals surface area contributed by atoms with Gasteiger partial charge in [0.25, 0.3) is 0 Å². The molecule has 0 atom stereocenters. The number of hydrogen-bond donors (Lipinski definition) is 1. The Morgan fingerprint density at radius 2 is 1.79 bits per heavy atom. The Balaban J connectivity index is 1.93. The van der Waals surface area contributed by atoms with Gasteiger partial charge < -0.3 is 9.64 Å². The number of imidazole rings is 1. The zero-order chi connectivity index (χ0) is 24.7. The molecular formula is C27H34N4O3. The Morgan fingerprint density at radius 1 is 1.06 bits per heavy atom. The Hall–Kier alpha value is -3.61. The van der Waals surface area contributed by atoms with Crippen LogP contribution in [0.25, 0.3) is 16.9 Å². The second kappa shape index (κ2) is 11.5. The molecule has 1 aromatic heterocycles. The van der Waals surface area contributed by atoms with E-state index >= 15 is 0 Å². The summed E-state index contributed by atoms with van der Waals surface area (Å²) >= 11 is 0. The van der Waals surface area contributed by atoms with Gasteiger partial charge in [-0.1, -0.05) is 64.1 Å². The summed E-state index contributed by atoms with van der Waals surface area (Å²) in [5.74, 6) is 0.864. The van der Waals surface area contributed by atoms with E-state index < -0.39 is 0 Å². The van der Waals surface area contributed by atoms with E-state index in [1.165, 1.54) is 0 Å². The Kier molecular flexibility index (Phi) is 8.46. The van der Waals surface area contributed by atoms with Crippen LogP contribution in [-0.4, -0.2) is 46.0 Å². The highest BCUT2D eigenvalue weighted by atomic mass is 16.5. The van der Waals surface area contributed by atoms with Crippen LogP contribution in [0.5, 0.6) is 5.75 Å². The zero-order valence-electron chi connectivity index (χ0n) is 20.6. The van der Waals surface area contributed by atoms with Gasteiger partial charge in [0.2, 0.25) is 17.8 Å². The molecule has 0 fully saturated rings. The summed E-state index contributed by atoms with van der Waals surface area (Å²) in [5, 5.41) is 2.93. The standard InChI is InChI=1S/C27H34N4O3/c1-6-34-23-14-10-13-22(15-23)31-17-24(21-11-8-7-9-12-21)28-27(31)29-25(32)18-30(16-19(2)3)26(33)20(4)5/h7-15,17,19-20H,6,16,18H2,1-5H3,(H,28,29,32). The van der Waals surface area contributed by atoms with Gasteiger partial charge in [0, 0.05) is 30.3 Å². The second-order valence-corrected chi connectivity index (χ2v) is 8.93. The van der Waals surface area contributed by atoms with Crippen LogP contribution in [0.15, 0.2) is 60.8 Å². The Bertz CT molecular complexity index is 1110. The Morgan fingerprint density at radius 3 is 2.44 bits per heavy atom. The summed E-state index contributed by atoms with van der Waals surface area (Å²) in [7, 11) is 0. The molecule has 2 amide bonds. The summed E-state index contributed by atoms with van der Waals surface area (Å²) in [6, 6.07) is 17.4. The zero-order valence-corrected chi connectivity index (χ0v) is 20.6. The maximum absolute atomic E-state index is 13.0. The third kappa shape index (κ3) is 6.47. The lowest BCUT2D eigenvalue weighted by atomic mass is 10.1. The van der Waals surface area contributed by atoms with Gasteiger partial charge in [0.1, 0.15) is 5.75 Å². The smallest absolute Gasteiger partial charge is 0.246 e. The molecule has 1 heterocycles. The average molecular weight is 463 g/mol. The lowest BCUT2D eigenvalue weighted by molar-refractivity contribution is -0.138. The number of ether oxygens (including phenoxy) is 1. The molecule has 0 aliphatic rings. The molecular weight excluding hydrogens is 428 g/mol. The SMILES string of the molecule is CCOc1cccc(-n2cc(-c3ccccc3)nc2NC(=O)CN(CC(C)C)C(=O)C(C)C)c1. The van der Waals surface area contributed by atoms with Crippen LogP contribution in [0.2, 0.25) is 0 Å². The van der Waals surface area contributed by atoms with Crippen molar-refractivity contribution < 1.29 is 14.3 Å². The predicted molar refractivity (Wildman–Crippen MR) is 135 cm³/mol. The van der Waals surface area contributed by atoms with Gasteiger partial charge in [-0.2, -0.15) is 0 Å². The molecule has 0 aliphatic carbocycles. The van der Waals surface area contributed by atoms with E-state index in [0.29, 0.717) is 19.1 Å². The Labute approximate surface area is 201 Å². The molecule has 0 aliphatic heterocycles. The van der Waals surface area contributed by atoms with Gasteiger partial charge in [0.15, 0.2) is 0 Å². The third-order valence-electron chi connectivity index (χ3n) is 5.16. The fraction of sp³-hybridized carbons (Fsp3) is 0.370. The van der Waals surface area contributed by atoms with Gasteiger partial charge in [-0.15, -0.1) is 0 Å². The van der Waals surface area contributed by atoms with Crippen LogP contribution in [0.3, 0.4) is 0 Å². The van der Waals surface area contributed by atoms with Crippen LogP contribution in [0.4, 0.5) is 5.95 Å². The van der Waals surface area contributed by atoms with Crippen LogP contribution >= 0.6 is 0 Å². The summed E-state index contributed by atoms with van der Waals surface area (Å²) in [5.41, 5.74) is 2.48. The largest absolute Gasteiger partial charge is 0.494 e. The highest BCUT2D eigenvalue weighted by molar-refractivity contribution is 5.94. The van der Waals surface area contributed by atoms with E-state index in [2.05, 4.69) is 5.32 Å². The van der Waals surface area contributed by atoms with E-state index in [1.54, 1.807) is 4.90 Å². The molecule has 180 valence electrons. The highest BCUT2D eigenvalue weighted by Crippen LogP contribution is 2.26.